The van der Waals surface area contributed by atoms with Gasteiger partial charge in [-0.1, -0.05) is 19.9 Å². The number of hydrogen-bond acceptors (Lipinski definition) is 3. The lowest BCUT2D eigenvalue weighted by molar-refractivity contribution is -0.137. The number of hydrogen-bond donors (Lipinski definition) is 1. The number of ketones is 1. The van der Waals surface area contributed by atoms with Crippen LogP contribution in [0.4, 0.5) is 0 Å². The minimum atomic E-state index is -0.879. The third kappa shape index (κ3) is 4.39. The molecule has 0 spiro atoms. The summed E-state index contributed by atoms with van der Waals surface area (Å²) >= 11 is 0. The van der Waals surface area contributed by atoms with E-state index in [0.717, 1.165) is 5.56 Å². The predicted octanol–water partition coefficient (Wildman–Crippen LogP) is 3.26. The topological polar surface area (TPSA) is 63.6 Å². The summed E-state index contributed by atoms with van der Waals surface area (Å²) in [5.41, 5.74) is 1.61. The van der Waals surface area contributed by atoms with Gasteiger partial charge in [0.15, 0.2) is 5.78 Å². The van der Waals surface area contributed by atoms with E-state index in [-0.39, 0.29) is 18.6 Å². The highest BCUT2D eigenvalue weighted by Crippen LogP contribution is 2.25. The van der Waals surface area contributed by atoms with Gasteiger partial charge < -0.3 is 9.84 Å². The summed E-state index contributed by atoms with van der Waals surface area (Å²) in [5, 5.41) is 8.58. The smallest absolute Gasteiger partial charge is 0.303 e. The molecule has 0 aliphatic rings. The Bertz CT molecular complexity index is 463. The molecule has 104 valence electrons. The lowest BCUT2D eigenvalue weighted by Crippen LogP contribution is -2.05. The first kappa shape index (κ1) is 15.2. The van der Waals surface area contributed by atoms with Crippen molar-refractivity contribution < 1.29 is 19.4 Å². The molecule has 0 aliphatic heterocycles. The predicted molar refractivity (Wildman–Crippen MR) is 72.9 cm³/mol. The first-order valence-electron chi connectivity index (χ1n) is 6.38. The highest BCUT2D eigenvalue weighted by molar-refractivity contribution is 5.99. The van der Waals surface area contributed by atoms with Crippen molar-refractivity contribution >= 4 is 11.8 Å². The third-order valence-corrected chi connectivity index (χ3v) is 2.99. The fourth-order valence-corrected chi connectivity index (χ4v) is 1.84. The van der Waals surface area contributed by atoms with Crippen molar-refractivity contribution in [3.63, 3.8) is 0 Å². The Labute approximate surface area is 113 Å². The zero-order chi connectivity index (χ0) is 14.4. The van der Waals surface area contributed by atoms with Crippen molar-refractivity contribution in [3.05, 3.63) is 29.3 Å². The molecule has 0 saturated heterocycles. The zero-order valence-corrected chi connectivity index (χ0v) is 11.6. The van der Waals surface area contributed by atoms with Gasteiger partial charge in [0.1, 0.15) is 5.75 Å². The van der Waals surface area contributed by atoms with Crippen LogP contribution in [0.2, 0.25) is 0 Å². The second kappa shape index (κ2) is 6.92. The second-order valence-corrected chi connectivity index (χ2v) is 4.78. The molecule has 0 heterocycles. The van der Waals surface area contributed by atoms with E-state index in [2.05, 4.69) is 13.8 Å². The van der Waals surface area contributed by atoms with Gasteiger partial charge in [-0.2, -0.15) is 0 Å². The van der Waals surface area contributed by atoms with E-state index in [1.807, 2.05) is 12.1 Å². The van der Waals surface area contributed by atoms with Crippen LogP contribution in [-0.2, 0) is 4.79 Å². The minimum absolute atomic E-state index is 0.0118. The maximum atomic E-state index is 12.1. The molecule has 0 radical (unpaired) electrons. The van der Waals surface area contributed by atoms with Crippen LogP contribution >= 0.6 is 0 Å². The Morgan fingerprint density at radius 1 is 1.26 bits per heavy atom. The molecule has 0 saturated carbocycles. The monoisotopic (exact) mass is 264 g/mol. The zero-order valence-electron chi connectivity index (χ0n) is 11.6. The summed E-state index contributed by atoms with van der Waals surface area (Å²) in [7, 11) is 1.53. The van der Waals surface area contributed by atoms with Crippen LogP contribution in [0, 0.1) is 0 Å². The molecular formula is C15H20O4. The van der Waals surface area contributed by atoms with Crippen molar-refractivity contribution in [2.24, 2.45) is 0 Å². The summed E-state index contributed by atoms with van der Waals surface area (Å²) in [5.74, 6) is -0.0718. The molecule has 0 amide bonds. The van der Waals surface area contributed by atoms with Gasteiger partial charge in [0.05, 0.1) is 12.7 Å². The van der Waals surface area contributed by atoms with Crippen LogP contribution in [0.25, 0.3) is 0 Å². The lowest BCUT2D eigenvalue weighted by Gasteiger charge is -2.12. The van der Waals surface area contributed by atoms with E-state index in [1.165, 1.54) is 7.11 Å². The molecule has 0 aliphatic carbocycles. The average Bonchev–Trinajstić information content (AvgIpc) is 2.37. The molecule has 0 aromatic heterocycles. The van der Waals surface area contributed by atoms with Gasteiger partial charge in [0, 0.05) is 12.8 Å². The van der Waals surface area contributed by atoms with Crippen molar-refractivity contribution in [3.8, 4) is 5.75 Å². The van der Waals surface area contributed by atoms with Crippen molar-refractivity contribution in [1.29, 1.82) is 0 Å². The molecule has 0 unspecified atom stereocenters. The van der Waals surface area contributed by atoms with Crippen LogP contribution in [-0.4, -0.2) is 24.0 Å². The van der Waals surface area contributed by atoms with Crippen LogP contribution in [0.5, 0.6) is 5.75 Å². The van der Waals surface area contributed by atoms with Gasteiger partial charge in [-0.3, -0.25) is 9.59 Å². The maximum Gasteiger partial charge on any atom is 0.303 e. The molecule has 0 fully saturated rings. The summed E-state index contributed by atoms with van der Waals surface area (Å²) in [6, 6.07) is 5.57. The molecule has 4 heteroatoms. The Balaban J connectivity index is 2.86. The Morgan fingerprint density at radius 3 is 2.47 bits per heavy atom. The number of carbonyl (C=O) groups excluding carboxylic acids is 1. The molecule has 1 aromatic rings. The lowest BCUT2D eigenvalue weighted by atomic mass is 9.97. The van der Waals surface area contributed by atoms with E-state index >= 15 is 0 Å². The second-order valence-electron chi connectivity index (χ2n) is 4.78. The summed E-state index contributed by atoms with van der Waals surface area (Å²) in [6.45, 7) is 4.11. The molecule has 1 rings (SSSR count). The fraction of sp³-hybridized carbons (Fsp3) is 0.467. The fourth-order valence-electron chi connectivity index (χ4n) is 1.84. The highest BCUT2D eigenvalue weighted by Gasteiger charge is 2.14. The summed E-state index contributed by atoms with van der Waals surface area (Å²) in [6.07, 6.45) is 0.589. The molecule has 1 N–H and O–H groups in total. The molecule has 1 aromatic carbocycles. The SMILES string of the molecule is COc1ccc(C(C)C)cc1C(=O)CCCC(=O)O. The molecule has 0 bridgehead atoms. The summed E-state index contributed by atoms with van der Waals surface area (Å²) < 4.78 is 5.19. The first-order valence-corrected chi connectivity index (χ1v) is 6.38. The van der Waals surface area contributed by atoms with Crippen molar-refractivity contribution in [2.75, 3.05) is 7.11 Å². The van der Waals surface area contributed by atoms with Gasteiger partial charge in [-0.25, -0.2) is 0 Å². The molecule has 19 heavy (non-hydrogen) atoms. The number of ether oxygens (including phenoxy) is 1. The van der Waals surface area contributed by atoms with E-state index in [4.69, 9.17) is 9.84 Å². The number of rotatable bonds is 7. The Kier molecular flexibility index (Phi) is 5.55. The normalized spacial score (nSPS) is 10.5. The highest BCUT2D eigenvalue weighted by atomic mass is 16.5. The van der Waals surface area contributed by atoms with E-state index < -0.39 is 5.97 Å². The number of carboxylic acid groups (broad SMARTS) is 1. The molecular weight excluding hydrogens is 244 g/mol. The van der Waals surface area contributed by atoms with Gasteiger partial charge in [-0.15, -0.1) is 0 Å². The van der Waals surface area contributed by atoms with Crippen LogP contribution in [0.1, 0.15) is 54.9 Å². The van der Waals surface area contributed by atoms with E-state index in [1.54, 1.807) is 6.07 Å². The number of carboxylic acids is 1. The van der Waals surface area contributed by atoms with E-state index in [0.29, 0.717) is 23.7 Å². The number of carbonyl (C=O) groups is 2. The largest absolute Gasteiger partial charge is 0.496 e. The van der Waals surface area contributed by atoms with Crippen LogP contribution in [0.3, 0.4) is 0 Å². The standard InChI is InChI=1S/C15H20O4/c1-10(2)11-7-8-14(19-3)12(9-11)13(16)5-4-6-15(17)18/h7-10H,4-6H2,1-3H3,(H,17,18). The van der Waals surface area contributed by atoms with Crippen molar-refractivity contribution in [1.82, 2.24) is 0 Å². The number of benzene rings is 1. The third-order valence-electron chi connectivity index (χ3n) is 2.99. The Hall–Kier alpha value is -1.84. The van der Waals surface area contributed by atoms with E-state index in [9.17, 15) is 9.59 Å². The van der Waals surface area contributed by atoms with Crippen LogP contribution < -0.4 is 4.74 Å². The number of methoxy groups -OCH3 is 1. The van der Waals surface area contributed by atoms with Crippen molar-refractivity contribution in [2.45, 2.75) is 39.0 Å². The average molecular weight is 264 g/mol. The minimum Gasteiger partial charge on any atom is -0.496 e. The van der Waals surface area contributed by atoms with Gasteiger partial charge >= 0.3 is 5.97 Å². The first-order chi connectivity index (χ1) is 8.95. The van der Waals surface area contributed by atoms with Gasteiger partial charge in [-0.05, 0) is 30.0 Å². The quantitative estimate of drug-likeness (QED) is 0.768. The number of Topliss-reactive ketones (excluding diaryl/α,β-unsaturated/α-hetero) is 1. The Morgan fingerprint density at radius 2 is 1.95 bits per heavy atom. The maximum absolute atomic E-state index is 12.1. The molecule has 4 nitrogen and oxygen atoms in total. The molecule has 0 atom stereocenters. The van der Waals surface area contributed by atoms with Crippen LogP contribution in [0.15, 0.2) is 18.2 Å². The summed E-state index contributed by atoms with van der Waals surface area (Å²) in [4.78, 5) is 22.6. The van der Waals surface area contributed by atoms with Gasteiger partial charge in [0.2, 0.25) is 0 Å². The number of aliphatic carboxylic acids is 1. The van der Waals surface area contributed by atoms with Gasteiger partial charge in [0.25, 0.3) is 0 Å².